The Hall–Kier alpha value is -2.09. The van der Waals surface area contributed by atoms with Gasteiger partial charge in [-0.1, -0.05) is 38.5 Å². The molecule has 0 unspecified atom stereocenters. The number of rotatable bonds is 5. The summed E-state index contributed by atoms with van der Waals surface area (Å²) in [7, 11) is -1.61. The van der Waals surface area contributed by atoms with Crippen molar-refractivity contribution in [3.63, 3.8) is 0 Å². The molecular formula is C18H27N3O4S. The largest absolute Gasteiger partial charge is 0.327 e. The van der Waals surface area contributed by atoms with Crippen molar-refractivity contribution in [1.82, 2.24) is 9.80 Å². The highest BCUT2D eigenvalue weighted by Crippen LogP contribution is 2.27. The number of hydrogen-bond acceptors (Lipinski definition) is 4. The number of amides is 3. The number of anilines is 1. The number of nitrogens with zero attached hydrogens (tertiary/aromatic N) is 2. The Morgan fingerprint density at radius 1 is 1.38 bits per heavy atom. The first kappa shape index (κ1) is 20.2. The summed E-state index contributed by atoms with van der Waals surface area (Å²) >= 11 is 0. The number of carbonyl (C=O) groups excluding carboxylic acids is 2. The lowest BCUT2D eigenvalue weighted by atomic mass is 9.97. The third-order valence-corrected chi connectivity index (χ3v) is 5.70. The molecule has 0 saturated heterocycles. The summed E-state index contributed by atoms with van der Waals surface area (Å²) in [6, 6.07) is 6.46. The fourth-order valence-corrected chi connectivity index (χ4v) is 3.61. The zero-order valence-corrected chi connectivity index (χ0v) is 16.5. The number of para-hydroxylation sites is 1. The molecule has 26 heavy (non-hydrogen) atoms. The van der Waals surface area contributed by atoms with Crippen LogP contribution in [0.15, 0.2) is 24.3 Å². The Morgan fingerprint density at radius 3 is 2.65 bits per heavy atom. The van der Waals surface area contributed by atoms with Crippen LogP contribution in [0.1, 0.15) is 25.8 Å². The number of fused-ring (bicyclic) bond motifs is 1. The Bertz CT molecular complexity index is 778. The number of hydrogen-bond donors (Lipinski definition) is 1. The maximum Gasteiger partial charge on any atom is 0.320 e. The highest BCUT2D eigenvalue weighted by molar-refractivity contribution is 7.90. The molecule has 1 aromatic rings. The third kappa shape index (κ3) is 4.75. The first-order chi connectivity index (χ1) is 12.1. The molecule has 1 heterocycles. The van der Waals surface area contributed by atoms with Crippen LogP contribution in [-0.2, 0) is 21.2 Å². The van der Waals surface area contributed by atoms with Crippen LogP contribution in [0, 0.1) is 5.92 Å². The maximum absolute atomic E-state index is 13.0. The van der Waals surface area contributed by atoms with Gasteiger partial charge in [0.15, 0.2) is 0 Å². The highest BCUT2D eigenvalue weighted by Gasteiger charge is 2.37. The van der Waals surface area contributed by atoms with Gasteiger partial charge in [-0.15, -0.1) is 0 Å². The van der Waals surface area contributed by atoms with Gasteiger partial charge in [0, 0.05) is 25.5 Å². The summed E-state index contributed by atoms with van der Waals surface area (Å²) in [6.07, 6.45) is 1.88. The van der Waals surface area contributed by atoms with Gasteiger partial charge in [0.05, 0.1) is 12.3 Å². The summed E-state index contributed by atoms with van der Waals surface area (Å²) < 4.78 is 22.8. The number of carbonyl (C=O) groups is 2. The Morgan fingerprint density at radius 2 is 2.04 bits per heavy atom. The summed E-state index contributed by atoms with van der Waals surface area (Å²) in [6.45, 7) is 4.31. The first-order valence-corrected chi connectivity index (χ1v) is 10.8. The van der Waals surface area contributed by atoms with Crippen molar-refractivity contribution in [3.05, 3.63) is 29.8 Å². The van der Waals surface area contributed by atoms with Crippen LogP contribution in [0.4, 0.5) is 10.5 Å². The predicted molar refractivity (Wildman–Crippen MR) is 102 cm³/mol. The minimum absolute atomic E-state index is 0.0310. The first-order valence-electron chi connectivity index (χ1n) is 8.72. The molecule has 1 aromatic carbocycles. The summed E-state index contributed by atoms with van der Waals surface area (Å²) in [5.74, 6) is -0.356. The van der Waals surface area contributed by atoms with Crippen molar-refractivity contribution >= 4 is 27.5 Å². The molecule has 1 aliphatic rings. The molecule has 3 amide bonds. The highest BCUT2D eigenvalue weighted by atomic mass is 32.2. The van der Waals surface area contributed by atoms with E-state index >= 15 is 0 Å². The smallest absolute Gasteiger partial charge is 0.320 e. The van der Waals surface area contributed by atoms with Gasteiger partial charge in [0.1, 0.15) is 15.9 Å². The van der Waals surface area contributed by atoms with E-state index in [1.54, 1.807) is 11.9 Å². The molecule has 0 aliphatic carbocycles. The monoisotopic (exact) mass is 381 g/mol. The minimum atomic E-state index is -3.18. The number of urea groups is 1. The van der Waals surface area contributed by atoms with E-state index in [0.29, 0.717) is 12.2 Å². The Kier molecular flexibility index (Phi) is 6.28. The van der Waals surface area contributed by atoms with E-state index in [9.17, 15) is 18.0 Å². The van der Waals surface area contributed by atoms with Crippen molar-refractivity contribution in [2.45, 2.75) is 32.9 Å². The molecule has 144 valence electrons. The molecule has 0 aromatic heterocycles. The van der Waals surface area contributed by atoms with Crippen molar-refractivity contribution in [1.29, 1.82) is 0 Å². The molecule has 0 saturated carbocycles. The zero-order chi connectivity index (χ0) is 19.5. The van der Waals surface area contributed by atoms with E-state index in [1.807, 2.05) is 38.1 Å². The molecule has 0 radical (unpaired) electrons. The Labute approximate surface area is 155 Å². The summed E-state index contributed by atoms with van der Waals surface area (Å²) in [4.78, 5) is 28.8. The van der Waals surface area contributed by atoms with Gasteiger partial charge in [0.2, 0.25) is 5.91 Å². The van der Waals surface area contributed by atoms with Crippen LogP contribution in [-0.4, -0.2) is 61.8 Å². The average molecular weight is 381 g/mol. The lowest BCUT2D eigenvalue weighted by Gasteiger charge is -2.35. The maximum atomic E-state index is 13.0. The minimum Gasteiger partial charge on any atom is -0.327 e. The average Bonchev–Trinajstić information content (AvgIpc) is 2.73. The number of nitrogens with one attached hydrogen (secondary N) is 1. The molecule has 7 nitrogen and oxygen atoms in total. The van der Waals surface area contributed by atoms with Gasteiger partial charge in [-0.2, -0.15) is 0 Å². The fourth-order valence-electron chi connectivity index (χ4n) is 3.00. The second-order valence-corrected chi connectivity index (χ2v) is 9.20. The second kappa shape index (κ2) is 8.07. The molecular weight excluding hydrogens is 354 g/mol. The van der Waals surface area contributed by atoms with Crippen molar-refractivity contribution in [2.24, 2.45) is 5.92 Å². The topological polar surface area (TPSA) is 86.8 Å². The third-order valence-electron chi connectivity index (χ3n) is 4.77. The van der Waals surface area contributed by atoms with Gasteiger partial charge in [0.25, 0.3) is 0 Å². The molecule has 2 atom stereocenters. The summed E-state index contributed by atoms with van der Waals surface area (Å²) in [5, 5.41) is 2.92. The van der Waals surface area contributed by atoms with Gasteiger partial charge in [-0.3, -0.25) is 4.79 Å². The van der Waals surface area contributed by atoms with E-state index in [1.165, 1.54) is 4.90 Å². The standard InChI is InChI=1S/C18H27N3O4S/c1-5-13(2)16-17(22)19-15-9-7-6-8-14(15)12-21(16)18(23)20(3)10-11-26(4,24)25/h6-9,13,16H,5,10-12H2,1-4H3,(H,19,22)/t13-,16-/m0/s1. The van der Waals surface area contributed by atoms with E-state index in [2.05, 4.69) is 5.32 Å². The molecule has 0 bridgehead atoms. The molecule has 0 fully saturated rings. The van der Waals surface area contributed by atoms with Crippen LogP contribution in [0.3, 0.4) is 0 Å². The van der Waals surface area contributed by atoms with Gasteiger partial charge >= 0.3 is 6.03 Å². The lowest BCUT2D eigenvalue weighted by molar-refractivity contribution is -0.122. The molecule has 8 heteroatoms. The van der Waals surface area contributed by atoms with E-state index in [0.717, 1.165) is 18.2 Å². The molecule has 1 N–H and O–H groups in total. The van der Waals surface area contributed by atoms with Gasteiger partial charge < -0.3 is 15.1 Å². The van der Waals surface area contributed by atoms with Crippen LogP contribution >= 0.6 is 0 Å². The van der Waals surface area contributed by atoms with E-state index < -0.39 is 15.9 Å². The lowest BCUT2D eigenvalue weighted by Crippen LogP contribution is -2.53. The van der Waals surface area contributed by atoms with Gasteiger partial charge in [-0.25, -0.2) is 13.2 Å². The molecule has 2 rings (SSSR count). The molecule has 0 spiro atoms. The SMILES string of the molecule is CC[C@H](C)[C@H]1C(=O)Nc2ccccc2CN1C(=O)N(C)CCS(C)(=O)=O. The zero-order valence-electron chi connectivity index (χ0n) is 15.7. The van der Waals surface area contributed by atoms with Crippen molar-refractivity contribution < 1.29 is 18.0 Å². The van der Waals surface area contributed by atoms with Crippen LogP contribution in [0.25, 0.3) is 0 Å². The second-order valence-electron chi connectivity index (χ2n) is 6.94. The fraction of sp³-hybridized carbons (Fsp3) is 0.556. The predicted octanol–water partition coefficient (Wildman–Crippen LogP) is 1.95. The summed E-state index contributed by atoms with van der Waals surface area (Å²) in [5.41, 5.74) is 1.57. The van der Waals surface area contributed by atoms with Crippen molar-refractivity contribution in [2.75, 3.05) is 30.9 Å². The van der Waals surface area contributed by atoms with Gasteiger partial charge in [-0.05, 0) is 17.5 Å². The van der Waals surface area contributed by atoms with Crippen LogP contribution in [0.2, 0.25) is 0 Å². The van der Waals surface area contributed by atoms with Crippen LogP contribution in [0.5, 0.6) is 0 Å². The van der Waals surface area contributed by atoms with E-state index in [4.69, 9.17) is 0 Å². The van der Waals surface area contributed by atoms with Crippen LogP contribution < -0.4 is 5.32 Å². The Balaban J connectivity index is 2.33. The van der Waals surface area contributed by atoms with E-state index in [-0.39, 0.29) is 30.2 Å². The number of sulfone groups is 1. The van der Waals surface area contributed by atoms with Crippen molar-refractivity contribution in [3.8, 4) is 0 Å². The normalized spacial score (nSPS) is 18.5. The molecule has 1 aliphatic heterocycles. The number of benzene rings is 1. The quantitative estimate of drug-likeness (QED) is 0.845.